The van der Waals surface area contributed by atoms with Crippen LogP contribution in [0.5, 0.6) is 0 Å². The fourth-order valence-electron chi connectivity index (χ4n) is 2.53. The van der Waals surface area contributed by atoms with Gasteiger partial charge in [0, 0.05) is 12.5 Å². The van der Waals surface area contributed by atoms with Crippen LogP contribution < -0.4 is 5.73 Å². The smallest absolute Gasteiger partial charge is 0.126 e. The molecule has 1 fully saturated rings. The number of nitrogens with two attached hydrogens (primary N) is 1. The molecule has 1 saturated carbocycles. The Morgan fingerprint density at radius 3 is 2.53 bits per heavy atom. The largest absolute Gasteiger partial charge is 0.384 e. The van der Waals surface area contributed by atoms with E-state index in [1.807, 2.05) is 10.9 Å². The van der Waals surface area contributed by atoms with Crippen LogP contribution in [0.3, 0.4) is 0 Å². The lowest BCUT2D eigenvalue weighted by Gasteiger charge is -2.12. The van der Waals surface area contributed by atoms with Gasteiger partial charge in [-0.2, -0.15) is 0 Å². The molecule has 0 saturated heterocycles. The second-order valence-electron chi connectivity index (χ2n) is 4.49. The summed E-state index contributed by atoms with van der Waals surface area (Å²) in [5.74, 6) is 1.50. The van der Waals surface area contributed by atoms with Crippen molar-refractivity contribution in [3.63, 3.8) is 0 Å². The van der Waals surface area contributed by atoms with E-state index in [4.69, 9.17) is 5.73 Å². The molecule has 15 heavy (non-hydrogen) atoms. The molecular formula is C12H21N3. The topological polar surface area (TPSA) is 43.8 Å². The van der Waals surface area contributed by atoms with Crippen LogP contribution in [0.15, 0.2) is 6.33 Å². The normalized spacial score (nSPS) is 19.0. The minimum atomic E-state index is 0.611. The summed E-state index contributed by atoms with van der Waals surface area (Å²) in [5, 5.41) is 0. The lowest BCUT2D eigenvalue weighted by atomic mass is 9.96. The molecule has 1 aliphatic rings. The van der Waals surface area contributed by atoms with Crippen LogP contribution in [0.1, 0.15) is 57.1 Å². The van der Waals surface area contributed by atoms with Crippen LogP contribution >= 0.6 is 0 Å². The Morgan fingerprint density at radius 2 is 2.00 bits per heavy atom. The van der Waals surface area contributed by atoms with Gasteiger partial charge in [-0.1, -0.05) is 25.7 Å². The van der Waals surface area contributed by atoms with E-state index in [0.29, 0.717) is 5.92 Å². The number of nitrogens with zero attached hydrogens (tertiary/aromatic N) is 2. The Balaban J connectivity index is 2.16. The van der Waals surface area contributed by atoms with Crippen molar-refractivity contribution in [2.45, 2.75) is 57.9 Å². The molecule has 0 aromatic carbocycles. The van der Waals surface area contributed by atoms with Gasteiger partial charge in [-0.25, -0.2) is 4.98 Å². The van der Waals surface area contributed by atoms with E-state index in [9.17, 15) is 0 Å². The monoisotopic (exact) mass is 207 g/mol. The zero-order valence-electron chi connectivity index (χ0n) is 9.58. The first-order valence-corrected chi connectivity index (χ1v) is 6.13. The third-order valence-electron chi connectivity index (χ3n) is 3.49. The lowest BCUT2D eigenvalue weighted by molar-refractivity contribution is 0.581. The second kappa shape index (κ2) is 4.69. The highest BCUT2D eigenvalue weighted by atomic mass is 15.1. The van der Waals surface area contributed by atoms with Crippen molar-refractivity contribution in [2.24, 2.45) is 0 Å². The molecule has 84 valence electrons. The first kappa shape index (κ1) is 10.5. The zero-order chi connectivity index (χ0) is 10.7. The van der Waals surface area contributed by atoms with Crippen molar-refractivity contribution in [2.75, 3.05) is 5.73 Å². The van der Waals surface area contributed by atoms with Crippen molar-refractivity contribution >= 4 is 5.82 Å². The van der Waals surface area contributed by atoms with E-state index in [1.54, 1.807) is 0 Å². The molecule has 3 heteroatoms. The van der Waals surface area contributed by atoms with Crippen LogP contribution in [-0.2, 0) is 6.54 Å². The number of hydrogen-bond donors (Lipinski definition) is 1. The van der Waals surface area contributed by atoms with Crippen molar-refractivity contribution in [1.29, 1.82) is 0 Å². The van der Waals surface area contributed by atoms with E-state index in [2.05, 4.69) is 11.9 Å². The fourth-order valence-corrected chi connectivity index (χ4v) is 2.53. The molecule has 1 aliphatic carbocycles. The van der Waals surface area contributed by atoms with Crippen LogP contribution in [0, 0.1) is 0 Å². The predicted octanol–water partition coefficient (Wildman–Crippen LogP) is 2.92. The summed E-state index contributed by atoms with van der Waals surface area (Å²) in [4.78, 5) is 4.49. The van der Waals surface area contributed by atoms with Gasteiger partial charge in [0.2, 0.25) is 0 Å². The highest BCUT2D eigenvalue weighted by Gasteiger charge is 2.19. The van der Waals surface area contributed by atoms with Gasteiger partial charge in [-0.3, -0.25) is 0 Å². The maximum absolute atomic E-state index is 6.10. The maximum atomic E-state index is 6.10. The maximum Gasteiger partial charge on any atom is 0.126 e. The molecule has 0 unspecified atom stereocenters. The van der Waals surface area contributed by atoms with Crippen molar-refractivity contribution in [1.82, 2.24) is 9.55 Å². The lowest BCUT2D eigenvalue weighted by Crippen LogP contribution is -2.05. The van der Waals surface area contributed by atoms with E-state index < -0.39 is 0 Å². The van der Waals surface area contributed by atoms with Gasteiger partial charge in [-0.05, 0) is 19.8 Å². The van der Waals surface area contributed by atoms with E-state index in [1.165, 1.54) is 38.5 Å². The second-order valence-corrected chi connectivity index (χ2v) is 4.49. The molecule has 0 aliphatic heterocycles. The number of rotatable bonds is 2. The van der Waals surface area contributed by atoms with E-state index >= 15 is 0 Å². The summed E-state index contributed by atoms with van der Waals surface area (Å²) in [6.07, 6.45) is 9.85. The average Bonchev–Trinajstić information content (AvgIpc) is 2.49. The minimum Gasteiger partial charge on any atom is -0.384 e. The number of aryl methyl sites for hydroxylation is 1. The third-order valence-corrected chi connectivity index (χ3v) is 3.49. The Morgan fingerprint density at radius 1 is 1.33 bits per heavy atom. The molecule has 2 rings (SSSR count). The van der Waals surface area contributed by atoms with Crippen LogP contribution in [0.25, 0.3) is 0 Å². The molecule has 0 bridgehead atoms. The van der Waals surface area contributed by atoms with Gasteiger partial charge >= 0.3 is 0 Å². The summed E-state index contributed by atoms with van der Waals surface area (Å²) in [6.45, 7) is 3.03. The van der Waals surface area contributed by atoms with Crippen LogP contribution in [0.4, 0.5) is 5.82 Å². The van der Waals surface area contributed by atoms with Gasteiger partial charge in [0.25, 0.3) is 0 Å². The quantitative estimate of drug-likeness (QED) is 0.758. The Labute approximate surface area is 91.7 Å². The molecule has 1 heterocycles. The molecule has 0 atom stereocenters. The van der Waals surface area contributed by atoms with Gasteiger partial charge in [0.15, 0.2) is 0 Å². The predicted molar refractivity (Wildman–Crippen MR) is 62.8 cm³/mol. The van der Waals surface area contributed by atoms with E-state index in [-0.39, 0.29) is 0 Å². The molecule has 1 aromatic heterocycles. The van der Waals surface area contributed by atoms with Crippen LogP contribution in [-0.4, -0.2) is 9.55 Å². The first-order chi connectivity index (χ1) is 7.33. The minimum absolute atomic E-state index is 0.611. The summed E-state index contributed by atoms with van der Waals surface area (Å²) in [6, 6.07) is 0. The fraction of sp³-hybridized carbons (Fsp3) is 0.750. The van der Waals surface area contributed by atoms with Gasteiger partial charge in [0.05, 0.1) is 12.0 Å². The number of hydrogen-bond acceptors (Lipinski definition) is 2. The SMILES string of the molecule is CCn1cnc(C2CCCCCC2)c1N. The Bertz CT molecular complexity index is 309. The molecule has 3 nitrogen and oxygen atoms in total. The summed E-state index contributed by atoms with van der Waals surface area (Å²) < 4.78 is 2.04. The van der Waals surface area contributed by atoms with Crippen molar-refractivity contribution < 1.29 is 0 Å². The van der Waals surface area contributed by atoms with Crippen molar-refractivity contribution in [3.05, 3.63) is 12.0 Å². The van der Waals surface area contributed by atoms with Gasteiger partial charge < -0.3 is 10.3 Å². The number of anilines is 1. The molecule has 0 amide bonds. The van der Waals surface area contributed by atoms with Gasteiger partial charge in [-0.15, -0.1) is 0 Å². The van der Waals surface area contributed by atoms with E-state index in [0.717, 1.165) is 18.1 Å². The molecule has 2 N–H and O–H groups in total. The highest BCUT2D eigenvalue weighted by molar-refractivity contribution is 5.38. The number of nitrogen functional groups attached to an aromatic ring is 1. The Hall–Kier alpha value is -0.990. The summed E-state index contributed by atoms with van der Waals surface area (Å²) >= 11 is 0. The number of imidazole rings is 1. The first-order valence-electron chi connectivity index (χ1n) is 6.13. The third kappa shape index (κ3) is 2.16. The number of aromatic nitrogens is 2. The average molecular weight is 207 g/mol. The Kier molecular flexibility index (Phi) is 3.29. The highest BCUT2D eigenvalue weighted by Crippen LogP contribution is 2.33. The molecule has 0 radical (unpaired) electrons. The standard InChI is InChI=1S/C12H21N3/c1-2-15-9-14-11(12(15)13)10-7-5-3-4-6-8-10/h9-10H,2-8,13H2,1H3. The molecule has 1 aromatic rings. The summed E-state index contributed by atoms with van der Waals surface area (Å²) in [7, 11) is 0. The summed E-state index contributed by atoms with van der Waals surface area (Å²) in [5.41, 5.74) is 7.25. The van der Waals surface area contributed by atoms with Gasteiger partial charge in [0.1, 0.15) is 5.82 Å². The molecule has 0 spiro atoms. The van der Waals surface area contributed by atoms with Crippen molar-refractivity contribution in [3.8, 4) is 0 Å². The molecular weight excluding hydrogens is 186 g/mol. The zero-order valence-corrected chi connectivity index (χ0v) is 9.58. The van der Waals surface area contributed by atoms with Crippen LogP contribution in [0.2, 0.25) is 0 Å².